The monoisotopic (exact) mass is 346 g/mol. The van der Waals surface area contributed by atoms with E-state index < -0.39 is 15.8 Å². The minimum absolute atomic E-state index is 0.0871. The van der Waals surface area contributed by atoms with Gasteiger partial charge >= 0.3 is 5.97 Å². The number of sulfone groups is 1. The molecule has 0 saturated heterocycles. The first-order valence-electron chi connectivity index (χ1n) is 5.60. The van der Waals surface area contributed by atoms with Gasteiger partial charge < -0.3 is 5.11 Å². The molecule has 0 bridgehead atoms. The number of nitrogens with one attached hydrogen (secondary N) is 1. The molecule has 0 radical (unpaired) electrons. The van der Waals surface area contributed by atoms with Gasteiger partial charge in [-0.25, -0.2) is 13.2 Å². The molecule has 112 valence electrons. The molecule has 2 N–H and O–H groups in total. The lowest BCUT2D eigenvalue weighted by molar-refractivity contribution is 0.0690. The van der Waals surface area contributed by atoms with Crippen LogP contribution in [0.1, 0.15) is 10.5 Å². The van der Waals surface area contributed by atoms with Gasteiger partial charge in [0.1, 0.15) is 5.69 Å². The van der Waals surface area contributed by atoms with E-state index in [1.54, 1.807) is 12.3 Å². The van der Waals surface area contributed by atoms with Crippen LogP contribution in [0.5, 0.6) is 0 Å². The first kappa shape index (κ1) is 15.9. The minimum atomic E-state index is -3.47. The summed E-state index contributed by atoms with van der Waals surface area (Å²) >= 11 is 7.35. The maximum absolute atomic E-state index is 11.9. The Morgan fingerprint density at radius 1 is 1.38 bits per heavy atom. The van der Waals surface area contributed by atoms with Crippen LogP contribution < -0.4 is 0 Å². The number of thioether (sulfide) groups is 1. The molecule has 2 aromatic rings. The Morgan fingerprint density at radius 3 is 2.52 bits per heavy atom. The van der Waals surface area contributed by atoms with Gasteiger partial charge in [0.05, 0.1) is 15.6 Å². The molecular weight excluding hydrogens is 336 g/mol. The normalized spacial score (nSPS) is 11.6. The zero-order valence-electron chi connectivity index (χ0n) is 11.0. The summed E-state index contributed by atoms with van der Waals surface area (Å²) in [4.78, 5) is 11.4. The van der Waals surface area contributed by atoms with Crippen molar-refractivity contribution in [1.82, 2.24) is 10.2 Å². The predicted octanol–water partition coefficient (Wildman–Crippen LogP) is 2.55. The van der Waals surface area contributed by atoms with Crippen LogP contribution in [-0.4, -0.2) is 42.2 Å². The second kappa shape index (κ2) is 5.70. The Hall–Kier alpha value is -1.51. The number of aromatic nitrogens is 2. The zero-order chi connectivity index (χ0) is 15.8. The van der Waals surface area contributed by atoms with Crippen molar-refractivity contribution in [1.29, 1.82) is 0 Å². The number of carbonyl (C=O) groups is 1. The van der Waals surface area contributed by atoms with Gasteiger partial charge in [0, 0.05) is 16.7 Å². The molecule has 1 heterocycles. The fourth-order valence-electron chi connectivity index (χ4n) is 1.77. The number of H-pyrrole nitrogens is 1. The van der Waals surface area contributed by atoms with E-state index in [1.165, 1.54) is 23.9 Å². The van der Waals surface area contributed by atoms with E-state index in [-0.39, 0.29) is 15.6 Å². The summed E-state index contributed by atoms with van der Waals surface area (Å²) in [5.41, 5.74) is 0.657. The zero-order valence-corrected chi connectivity index (χ0v) is 13.4. The van der Waals surface area contributed by atoms with E-state index in [1.807, 2.05) is 0 Å². The third kappa shape index (κ3) is 3.22. The number of carboxylic acid groups (broad SMARTS) is 1. The van der Waals surface area contributed by atoms with Crippen LogP contribution in [-0.2, 0) is 9.84 Å². The number of rotatable bonds is 4. The molecule has 0 amide bonds. The highest BCUT2D eigenvalue weighted by Crippen LogP contribution is 2.36. The second-order valence-electron chi connectivity index (χ2n) is 4.23. The van der Waals surface area contributed by atoms with Gasteiger partial charge in [-0.1, -0.05) is 11.6 Å². The van der Waals surface area contributed by atoms with Crippen LogP contribution in [0, 0.1) is 0 Å². The van der Waals surface area contributed by atoms with Crippen molar-refractivity contribution in [3.63, 3.8) is 0 Å². The smallest absolute Gasteiger partial charge is 0.353 e. The molecule has 0 fully saturated rings. The third-order valence-electron chi connectivity index (χ3n) is 2.72. The fraction of sp³-hybridized carbons (Fsp3) is 0.167. The van der Waals surface area contributed by atoms with E-state index in [4.69, 9.17) is 16.7 Å². The lowest BCUT2D eigenvalue weighted by Gasteiger charge is -2.09. The molecule has 0 saturated carbocycles. The summed E-state index contributed by atoms with van der Waals surface area (Å²) in [5, 5.41) is 15.4. The van der Waals surface area contributed by atoms with Gasteiger partial charge in [-0.05, 0) is 24.5 Å². The molecule has 0 aliphatic rings. The van der Waals surface area contributed by atoms with Crippen molar-refractivity contribution < 1.29 is 18.3 Å². The second-order valence-corrected chi connectivity index (χ2v) is 7.44. The summed E-state index contributed by atoms with van der Waals surface area (Å²) in [6, 6.07) is 4.32. The van der Waals surface area contributed by atoms with E-state index in [0.29, 0.717) is 16.2 Å². The molecule has 1 aromatic heterocycles. The van der Waals surface area contributed by atoms with Crippen molar-refractivity contribution in [2.45, 2.75) is 9.79 Å². The third-order valence-corrected chi connectivity index (χ3v) is 5.23. The molecule has 0 unspecified atom stereocenters. The van der Waals surface area contributed by atoms with Gasteiger partial charge in [0.25, 0.3) is 0 Å². The molecule has 2 rings (SSSR count). The number of benzene rings is 1. The highest BCUT2D eigenvalue weighted by molar-refractivity contribution is 7.99. The van der Waals surface area contributed by atoms with E-state index >= 15 is 0 Å². The van der Waals surface area contributed by atoms with E-state index in [0.717, 1.165) is 6.26 Å². The number of halogens is 1. The number of nitrogens with zero attached hydrogens (tertiary/aromatic N) is 1. The Balaban J connectivity index is 2.65. The SMILES string of the molecule is CSc1c(Cl)cc(-c2cc(C(=O)O)[nH]n2)cc1S(C)(=O)=O. The van der Waals surface area contributed by atoms with Crippen molar-refractivity contribution >= 4 is 39.2 Å². The van der Waals surface area contributed by atoms with Crippen LogP contribution >= 0.6 is 23.4 Å². The molecule has 0 aliphatic heterocycles. The summed E-state index contributed by atoms with van der Waals surface area (Å²) in [6.07, 6.45) is 2.82. The molecular formula is C12H11ClN2O4S2. The fourth-order valence-corrected chi connectivity index (χ4v) is 4.28. The predicted molar refractivity (Wildman–Crippen MR) is 80.9 cm³/mol. The quantitative estimate of drug-likeness (QED) is 0.825. The Labute approximate surface area is 130 Å². The van der Waals surface area contributed by atoms with Crippen LogP contribution in [0.15, 0.2) is 28.0 Å². The van der Waals surface area contributed by atoms with Crippen LogP contribution in [0.2, 0.25) is 5.02 Å². The average molecular weight is 347 g/mol. The summed E-state index contributed by atoms with van der Waals surface area (Å²) in [5.74, 6) is -1.15. The molecule has 0 spiro atoms. The van der Waals surface area contributed by atoms with E-state index in [2.05, 4.69) is 10.2 Å². The summed E-state index contributed by atoms with van der Waals surface area (Å²) < 4.78 is 23.7. The first-order valence-corrected chi connectivity index (χ1v) is 9.10. The average Bonchev–Trinajstić information content (AvgIpc) is 2.86. The Kier molecular flexibility index (Phi) is 4.31. The number of aromatic carboxylic acids is 1. The van der Waals surface area contributed by atoms with Crippen LogP contribution in [0.3, 0.4) is 0 Å². The Morgan fingerprint density at radius 2 is 2.05 bits per heavy atom. The molecule has 0 aliphatic carbocycles. The maximum Gasteiger partial charge on any atom is 0.353 e. The molecule has 1 aromatic carbocycles. The molecule has 9 heteroatoms. The highest BCUT2D eigenvalue weighted by atomic mass is 35.5. The van der Waals surface area contributed by atoms with Crippen molar-refractivity contribution in [2.75, 3.05) is 12.5 Å². The molecule has 6 nitrogen and oxygen atoms in total. The van der Waals surface area contributed by atoms with Gasteiger partial charge in [0.15, 0.2) is 9.84 Å². The minimum Gasteiger partial charge on any atom is -0.477 e. The lowest BCUT2D eigenvalue weighted by Crippen LogP contribution is -2.00. The van der Waals surface area contributed by atoms with Gasteiger partial charge in [-0.15, -0.1) is 11.8 Å². The largest absolute Gasteiger partial charge is 0.477 e. The standard InChI is InChI=1S/C12H11ClN2O4S2/c1-20-11-7(13)3-6(4-10(11)21(2,18)19)8-5-9(12(16)17)15-14-8/h3-5H,1-2H3,(H,14,15)(H,16,17). The first-order chi connectivity index (χ1) is 9.74. The van der Waals surface area contributed by atoms with Crippen molar-refractivity contribution in [3.05, 3.63) is 28.9 Å². The van der Waals surface area contributed by atoms with E-state index in [9.17, 15) is 13.2 Å². The summed E-state index contributed by atoms with van der Waals surface area (Å²) in [6.45, 7) is 0. The number of hydrogen-bond acceptors (Lipinski definition) is 5. The number of hydrogen-bond donors (Lipinski definition) is 2. The van der Waals surface area contributed by atoms with Crippen molar-refractivity contribution in [2.24, 2.45) is 0 Å². The topological polar surface area (TPSA) is 100 Å². The number of carboxylic acids is 1. The van der Waals surface area contributed by atoms with Crippen LogP contribution in [0.4, 0.5) is 0 Å². The van der Waals surface area contributed by atoms with Gasteiger partial charge in [-0.2, -0.15) is 5.10 Å². The Bertz CT molecular complexity index is 815. The van der Waals surface area contributed by atoms with Gasteiger partial charge in [0.2, 0.25) is 0 Å². The maximum atomic E-state index is 11.9. The van der Waals surface area contributed by atoms with Crippen LogP contribution in [0.25, 0.3) is 11.3 Å². The number of aromatic amines is 1. The van der Waals surface area contributed by atoms with Crippen molar-refractivity contribution in [3.8, 4) is 11.3 Å². The summed E-state index contributed by atoms with van der Waals surface area (Å²) in [7, 11) is -3.47. The van der Waals surface area contributed by atoms with Gasteiger partial charge in [-0.3, -0.25) is 5.10 Å². The lowest BCUT2D eigenvalue weighted by atomic mass is 10.1. The highest BCUT2D eigenvalue weighted by Gasteiger charge is 2.19. The molecule has 0 atom stereocenters. The molecule has 21 heavy (non-hydrogen) atoms.